The van der Waals surface area contributed by atoms with Gasteiger partial charge in [-0.05, 0) is 31.1 Å². The van der Waals surface area contributed by atoms with Crippen molar-refractivity contribution in [2.24, 2.45) is 11.8 Å². The Hall–Kier alpha value is 0.110. The summed E-state index contributed by atoms with van der Waals surface area (Å²) in [5, 5.41) is 0. The van der Waals surface area contributed by atoms with Crippen LogP contribution >= 0.6 is 7.82 Å². The first-order valence-corrected chi connectivity index (χ1v) is 12.9. The van der Waals surface area contributed by atoms with Gasteiger partial charge in [0.25, 0.3) is 0 Å². The molecule has 27 heavy (non-hydrogen) atoms. The molecule has 0 bridgehead atoms. The van der Waals surface area contributed by atoms with Crippen molar-refractivity contribution in [2.75, 3.05) is 0 Å². The highest BCUT2D eigenvalue weighted by molar-refractivity contribution is 7.46. The highest BCUT2D eigenvalue weighted by Crippen LogP contribution is 2.47. The van der Waals surface area contributed by atoms with E-state index in [4.69, 9.17) is 4.52 Å². The normalized spacial score (nSPS) is 13.1. The van der Waals surface area contributed by atoms with Crippen LogP contribution in [-0.4, -0.2) is 15.4 Å². The molecule has 0 aromatic rings. The van der Waals surface area contributed by atoms with Gasteiger partial charge in [0.05, 0.1) is 5.60 Å². The van der Waals surface area contributed by atoms with Crippen LogP contribution in [0.25, 0.3) is 0 Å². The third-order valence-electron chi connectivity index (χ3n) is 5.38. The smallest absolute Gasteiger partial charge is 0.303 e. The van der Waals surface area contributed by atoms with E-state index in [1.807, 2.05) is 0 Å². The van der Waals surface area contributed by atoms with Crippen LogP contribution < -0.4 is 0 Å². The van der Waals surface area contributed by atoms with Crippen LogP contribution in [0.3, 0.4) is 0 Å². The Morgan fingerprint density at radius 1 is 0.741 bits per heavy atom. The molecule has 2 N–H and O–H groups in total. The van der Waals surface area contributed by atoms with Crippen LogP contribution in [0.4, 0.5) is 0 Å². The van der Waals surface area contributed by atoms with E-state index in [1.54, 1.807) is 0 Å². The van der Waals surface area contributed by atoms with Crippen LogP contribution in [0, 0.1) is 11.8 Å². The van der Waals surface area contributed by atoms with E-state index in [0.717, 1.165) is 64.2 Å². The minimum absolute atomic E-state index is 0.649. The summed E-state index contributed by atoms with van der Waals surface area (Å²) < 4.78 is 17.2. The Morgan fingerprint density at radius 2 is 1.15 bits per heavy atom. The van der Waals surface area contributed by atoms with Crippen LogP contribution in [0.15, 0.2) is 0 Å². The molecule has 0 saturated carbocycles. The van der Waals surface area contributed by atoms with Crippen molar-refractivity contribution >= 4 is 7.82 Å². The van der Waals surface area contributed by atoms with Gasteiger partial charge in [0, 0.05) is 0 Å². The largest absolute Gasteiger partial charge is 0.470 e. The lowest BCUT2D eigenvalue weighted by molar-refractivity contribution is 0.00539. The first kappa shape index (κ1) is 27.1. The molecular weight excluding hydrogens is 359 g/mol. The zero-order valence-electron chi connectivity index (χ0n) is 18.7. The molecule has 5 heteroatoms. The van der Waals surface area contributed by atoms with Crippen molar-refractivity contribution in [3.63, 3.8) is 0 Å². The summed E-state index contributed by atoms with van der Waals surface area (Å²) in [5.74, 6) is 1.43. The minimum Gasteiger partial charge on any atom is -0.303 e. The molecule has 0 radical (unpaired) electrons. The fraction of sp³-hybridized carbons (Fsp3) is 1.00. The quantitative estimate of drug-likeness (QED) is 0.181. The predicted molar refractivity (Wildman–Crippen MR) is 116 cm³/mol. The van der Waals surface area contributed by atoms with Crippen molar-refractivity contribution in [1.29, 1.82) is 0 Å². The predicted octanol–water partition coefficient (Wildman–Crippen LogP) is 7.63. The maximum atomic E-state index is 11.7. The summed E-state index contributed by atoms with van der Waals surface area (Å²) in [4.78, 5) is 19.1. The van der Waals surface area contributed by atoms with E-state index >= 15 is 0 Å². The number of rotatable bonds is 18. The second-order valence-corrected chi connectivity index (χ2v) is 10.4. The minimum atomic E-state index is -4.48. The van der Waals surface area contributed by atoms with Crippen molar-refractivity contribution in [3.05, 3.63) is 0 Å². The van der Waals surface area contributed by atoms with Crippen molar-refractivity contribution in [1.82, 2.24) is 0 Å². The number of hydrogen-bond donors (Lipinski definition) is 2. The van der Waals surface area contributed by atoms with Gasteiger partial charge >= 0.3 is 7.82 Å². The lowest BCUT2D eigenvalue weighted by Gasteiger charge is -2.34. The van der Waals surface area contributed by atoms with Crippen molar-refractivity contribution in [2.45, 2.75) is 130 Å². The molecule has 0 aliphatic rings. The maximum Gasteiger partial charge on any atom is 0.470 e. The van der Waals surface area contributed by atoms with Gasteiger partial charge in [-0.3, -0.25) is 4.52 Å². The van der Waals surface area contributed by atoms with Crippen molar-refractivity contribution in [3.8, 4) is 0 Å². The van der Waals surface area contributed by atoms with Gasteiger partial charge in [-0.25, -0.2) is 4.57 Å². The first-order valence-electron chi connectivity index (χ1n) is 11.4. The SMILES string of the molecule is CCCCCC(CCCCCC(C)C)(CCCCCC(C)C)OP(=O)(O)O. The lowest BCUT2D eigenvalue weighted by Crippen LogP contribution is -2.32. The highest BCUT2D eigenvalue weighted by Gasteiger charge is 2.36. The molecule has 0 aromatic carbocycles. The third-order valence-corrected chi connectivity index (χ3v) is 6.00. The molecule has 0 amide bonds. The lowest BCUT2D eigenvalue weighted by atomic mass is 9.85. The Bertz CT molecular complexity index is 372. The summed E-state index contributed by atoms with van der Waals surface area (Å²) in [6.07, 6.45) is 14.5. The van der Waals surface area contributed by atoms with E-state index < -0.39 is 13.4 Å². The molecule has 0 saturated heterocycles. The fourth-order valence-corrected chi connectivity index (χ4v) is 4.59. The average molecular weight is 407 g/mol. The Labute approximate surface area is 169 Å². The summed E-state index contributed by atoms with van der Waals surface area (Å²) in [7, 11) is -4.48. The van der Waals surface area contributed by atoms with E-state index in [2.05, 4.69) is 34.6 Å². The second kappa shape index (κ2) is 15.0. The molecule has 0 spiro atoms. The molecule has 0 rings (SSSR count). The molecular formula is C22H47O4P. The van der Waals surface area contributed by atoms with Gasteiger partial charge < -0.3 is 9.79 Å². The number of phosphoric acid groups is 1. The molecule has 164 valence electrons. The molecule has 0 unspecified atom stereocenters. The summed E-state index contributed by atoms with van der Waals surface area (Å²) in [5.41, 5.74) is -0.649. The molecule has 0 aliphatic heterocycles. The summed E-state index contributed by atoms with van der Waals surface area (Å²) >= 11 is 0. The average Bonchev–Trinajstić information content (AvgIpc) is 2.52. The zero-order valence-corrected chi connectivity index (χ0v) is 19.6. The van der Waals surface area contributed by atoms with Crippen LogP contribution in [0.1, 0.15) is 125 Å². The summed E-state index contributed by atoms with van der Waals surface area (Å²) in [6.45, 7) is 11.1. The zero-order chi connectivity index (χ0) is 20.8. The van der Waals surface area contributed by atoms with Gasteiger partial charge in [0.2, 0.25) is 0 Å². The monoisotopic (exact) mass is 406 g/mol. The van der Waals surface area contributed by atoms with E-state index in [0.29, 0.717) is 11.8 Å². The third kappa shape index (κ3) is 16.7. The summed E-state index contributed by atoms with van der Waals surface area (Å²) in [6, 6.07) is 0. The second-order valence-electron chi connectivity index (χ2n) is 9.21. The maximum absolute atomic E-state index is 11.7. The standard InChI is InChI=1S/C22H47O4P/c1-6-7-12-17-22(26-27(23,24)25,18-13-8-10-15-20(2)3)19-14-9-11-16-21(4)5/h20-21H,6-19H2,1-5H3,(H2,23,24,25). The molecule has 0 aliphatic carbocycles. The first-order chi connectivity index (χ1) is 12.6. The molecule has 0 fully saturated rings. The topological polar surface area (TPSA) is 66.8 Å². The van der Waals surface area contributed by atoms with Crippen LogP contribution in [0.5, 0.6) is 0 Å². The Balaban J connectivity index is 4.80. The van der Waals surface area contributed by atoms with Gasteiger partial charge in [0.15, 0.2) is 0 Å². The molecule has 0 heterocycles. The van der Waals surface area contributed by atoms with Crippen LogP contribution in [0.2, 0.25) is 0 Å². The number of unbranched alkanes of at least 4 members (excludes halogenated alkanes) is 6. The number of phosphoric ester groups is 1. The van der Waals surface area contributed by atoms with Gasteiger partial charge in [-0.1, -0.05) is 105 Å². The highest BCUT2D eigenvalue weighted by atomic mass is 31.2. The van der Waals surface area contributed by atoms with Gasteiger partial charge in [0.1, 0.15) is 0 Å². The molecule has 0 atom stereocenters. The van der Waals surface area contributed by atoms with E-state index in [9.17, 15) is 14.4 Å². The number of hydrogen-bond acceptors (Lipinski definition) is 2. The van der Waals surface area contributed by atoms with Crippen molar-refractivity contribution < 1.29 is 18.9 Å². The Kier molecular flexibility index (Phi) is 15.1. The fourth-order valence-electron chi connectivity index (χ4n) is 3.81. The Morgan fingerprint density at radius 3 is 1.48 bits per heavy atom. The molecule has 4 nitrogen and oxygen atoms in total. The van der Waals surface area contributed by atoms with Gasteiger partial charge in [-0.15, -0.1) is 0 Å². The van der Waals surface area contributed by atoms with E-state index in [1.165, 1.54) is 25.7 Å². The van der Waals surface area contributed by atoms with E-state index in [-0.39, 0.29) is 0 Å². The van der Waals surface area contributed by atoms with Crippen LogP contribution in [-0.2, 0) is 9.09 Å². The van der Waals surface area contributed by atoms with Gasteiger partial charge in [-0.2, -0.15) is 0 Å². The molecule has 0 aromatic heterocycles.